The fraction of sp³-hybridized carbons (Fsp3) is 0. The van der Waals surface area contributed by atoms with Gasteiger partial charge in [-0.25, -0.2) is 0 Å². The minimum absolute atomic E-state index is 0. The van der Waals surface area contributed by atoms with E-state index in [0.29, 0.717) is 0 Å². The van der Waals surface area contributed by atoms with Gasteiger partial charge in [-0.1, -0.05) is 0 Å². The van der Waals surface area contributed by atoms with E-state index in [-0.39, 0.29) is 26.2 Å². The maximum absolute atomic E-state index is 4.25. The molecule has 0 saturated heterocycles. The van der Waals surface area contributed by atoms with Gasteiger partial charge in [-0.2, -0.15) is 0 Å². The van der Waals surface area contributed by atoms with Crippen molar-refractivity contribution in [1.82, 2.24) is 0 Å². The molecule has 0 aliphatic carbocycles. The van der Waals surface area contributed by atoms with E-state index in [4.69, 9.17) is 0 Å². The summed E-state index contributed by atoms with van der Waals surface area (Å²) >= 11 is 0. The molecule has 0 atom stereocenters. The molecule has 0 unspecified atom stereocenters. The van der Waals surface area contributed by atoms with Crippen molar-refractivity contribution in [3.63, 3.8) is 0 Å². The van der Waals surface area contributed by atoms with Crippen LogP contribution in [0.1, 0.15) is 0 Å². The van der Waals surface area contributed by atoms with Crippen LogP contribution in [0.5, 0.6) is 0 Å². The van der Waals surface area contributed by atoms with Crippen molar-refractivity contribution in [2.24, 2.45) is 0 Å². The van der Waals surface area contributed by atoms with Crippen molar-refractivity contribution in [3.8, 4) is 0 Å². The van der Waals surface area contributed by atoms with Crippen molar-refractivity contribution in [2.45, 2.75) is 0 Å². The molecule has 0 spiro atoms. The molecule has 0 aromatic rings. The first kappa shape index (κ1) is 18.3. The van der Waals surface area contributed by atoms with E-state index in [0.717, 1.165) is 0 Å². The fourth-order valence-electron chi connectivity index (χ4n) is 0. The second-order valence-corrected chi connectivity index (χ2v) is 0. The van der Waals surface area contributed by atoms with Gasteiger partial charge < -0.3 is 13.2 Å². The number of hydrogen-bond donors (Lipinski definition) is 0. The molecular weight excluding hydrogens is 139 g/mol. The summed E-state index contributed by atoms with van der Waals surface area (Å²) in [6.07, 6.45) is 0. The summed E-state index contributed by atoms with van der Waals surface area (Å²) in [5.74, 6) is 0. The molecule has 0 N–H and O–H groups in total. The standard InChI is InChI=1S/2C2H3.Zr/c2*1-2;/h2*1H,2H2;/q2*-1;+2. The average molecular weight is 145 g/mol. The summed E-state index contributed by atoms with van der Waals surface area (Å²) in [4.78, 5) is 0. The topological polar surface area (TPSA) is 0 Å². The molecule has 0 amide bonds. The third kappa shape index (κ3) is 185. The Labute approximate surface area is 52.7 Å². The molecule has 0 heterocycles. The van der Waals surface area contributed by atoms with Crippen molar-refractivity contribution < 1.29 is 26.2 Å². The minimum Gasteiger partial charge on any atom is -0.521 e. The largest absolute Gasteiger partial charge is 2.00 e. The smallest absolute Gasteiger partial charge is 0.521 e. The molecule has 0 fully saturated rings. The maximum atomic E-state index is 4.25. The zero-order chi connectivity index (χ0) is 4.00. The van der Waals surface area contributed by atoms with E-state index in [9.17, 15) is 0 Å². The molecule has 0 radical (unpaired) electrons. The first-order chi connectivity index (χ1) is 2.00. The van der Waals surface area contributed by atoms with Gasteiger partial charge in [0.25, 0.3) is 0 Å². The molecule has 0 rings (SSSR count). The summed E-state index contributed by atoms with van der Waals surface area (Å²) in [5, 5.41) is 0. The third-order valence-electron chi connectivity index (χ3n) is 0. The Hall–Kier alpha value is 0.363. The minimum atomic E-state index is 0. The monoisotopic (exact) mass is 144 g/mol. The van der Waals surface area contributed by atoms with E-state index < -0.39 is 0 Å². The molecule has 0 aliphatic heterocycles. The van der Waals surface area contributed by atoms with E-state index in [1.165, 1.54) is 0 Å². The first-order valence-electron chi connectivity index (χ1n) is 0.816. The van der Waals surface area contributed by atoms with Gasteiger partial charge in [0.2, 0.25) is 0 Å². The van der Waals surface area contributed by atoms with Crippen molar-refractivity contribution in [2.75, 3.05) is 0 Å². The van der Waals surface area contributed by atoms with Gasteiger partial charge >= 0.3 is 26.2 Å². The van der Waals surface area contributed by atoms with Crippen LogP contribution in [0.25, 0.3) is 0 Å². The van der Waals surface area contributed by atoms with Crippen LogP contribution in [0.3, 0.4) is 0 Å². The Balaban J connectivity index is -0.0000000133. The predicted octanol–water partition coefficient (Wildman–Crippen LogP) is 1.21. The van der Waals surface area contributed by atoms with Gasteiger partial charge in [0, 0.05) is 0 Å². The van der Waals surface area contributed by atoms with Gasteiger partial charge in [-0.15, -0.1) is 0 Å². The van der Waals surface area contributed by atoms with E-state index in [1.807, 2.05) is 0 Å². The summed E-state index contributed by atoms with van der Waals surface area (Å²) in [5.41, 5.74) is 0. The molecule has 0 aromatic heterocycles. The molecule has 0 aliphatic rings. The average Bonchev–Trinajstić information content (AvgIpc) is 1.50. The van der Waals surface area contributed by atoms with Gasteiger partial charge in [-0.3, -0.25) is 13.2 Å². The fourth-order valence-corrected chi connectivity index (χ4v) is 0. The van der Waals surface area contributed by atoms with Crippen LogP contribution in [0, 0.1) is 13.2 Å². The van der Waals surface area contributed by atoms with E-state index in [1.54, 1.807) is 0 Å². The Bertz CT molecular complexity index is 5.61. The summed E-state index contributed by atoms with van der Waals surface area (Å²) in [6, 6.07) is 0. The predicted molar refractivity (Wildman–Crippen MR) is 19.9 cm³/mol. The molecule has 26 valence electrons. The van der Waals surface area contributed by atoms with E-state index in [2.05, 4.69) is 26.3 Å². The van der Waals surface area contributed by atoms with Crippen LogP contribution in [0.4, 0.5) is 0 Å². The van der Waals surface area contributed by atoms with Crippen LogP contribution in [0.2, 0.25) is 0 Å². The maximum Gasteiger partial charge on any atom is 2.00 e. The van der Waals surface area contributed by atoms with Gasteiger partial charge in [-0.05, 0) is 0 Å². The van der Waals surface area contributed by atoms with Crippen LogP contribution in [-0.4, -0.2) is 0 Å². The van der Waals surface area contributed by atoms with Gasteiger partial charge in [0.15, 0.2) is 0 Å². The van der Waals surface area contributed by atoms with Crippen LogP contribution >= 0.6 is 0 Å². The van der Waals surface area contributed by atoms with Crippen molar-refractivity contribution in [1.29, 1.82) is 0 Å². The quantitative estimate of drug-likeness (QED) is 0.449. The van der Waals surface area contributed by atoms with Gasteiger partial charge in [0.05, 0.1) is 0 Å². The molecule has 5 heavy (non-hydrogen) atoms. The Morgan fingerprint density at radius 3 is 0.800 bits per heavy atom. The van der Waals surface area contributed by atoms with Crippen LogP contribution in [-0.2, 0) is 26.2 Å². The van der Waals surface area contributed by atoms with Crippen LogP contribution in [0.15, 0.2) is 13.2 Å². The zero-order valence-electron chi connectivity index (χ0n) is 3.07. The summed E-state index contributed by atoms with van der Waals surface area (Å²) < 4.78 is 0. The Morgan fingerprint density at radius 2 is 0.800 bits per heavy atom. The molecular formula is C4H6Zr. The second-order valence-electron chi connectivity index (χ2n) is 0. The molecule has 1 heteroatoms. The number of rotatable bonds is 0. The summed E-state index contributed by atoms with van der Waals surface area (Å²) in [7, 11) is 0. The third-order valence-corrected chi connectivity index (χ3v) is 0. The zero-order valence-corrected chi connectivity index (χ0v) is 5.53. The first-order valence-corrected chi connectivity index (χ1v) is 0.816. The Kier molecular flexibility index (Phi) is 1370. The van der Waals surface area contributed by atoms with E-state index >= 15 is 0 Å². The van der Waals surface area contributed by atoms with Gasteiger partial charge in [0.1, 0.15) is 0 Å². The van der Waals surface area contributed by atoms with Crippen LogP contribution < -0.4 is 0 Å². The second kappa shape index (κ2) is 374. The molecule has 0 nitrogen and oxygen atoms in total. The number of hydrogen-bond acceptors (Lipinski definition) is 0. The summed E-state index contributed by atoms with van der Waals surface area (Å²) in [6.45, 7) is 14.0. The Morgan fingerprint density at radius 1 is 0.800 bits per heavy atom. The SMILES string of the molecule is [CH-]=C.[CH-]=C.[Zr+2]. The molecule has 0 saturated carbocycles. The molecule has 0 aromatic carbocycles. The van der Waals surface area contributed by atoms with Crippen molar-refractivity contribution >= 4 is 0 Å². The normalized spacial score (nSPS) is 1.60. The molecule has 0 bridgehead atoms. The van der Waals surface area contributed by atoms with Crippen molar-refractivity contribution in [3.05, 3.63) is 26.3 Å².